The van der Waals surface area contributed by atoms with E-state index in [-0.39, 0.29) is 0 Å². The first-order valence-corrected chi connectivity index (χ1v) is 11.2. The Bertz CT molecular complexity index is 927. The largest absolute Gasteiger partial charge is 0.486 e. The molecule has 3 aliphatic heterocycles. The maximum atomic E-state index is 10.4. The second-order valence-corrected chi connectivity index (χ2v) is 8.38. The van der Waals surface area contributed by atoms with E-state index in [4.69, 9.17) is 9.47 Å². The van der Waals surface area contributed by atoms with E-state index in [1.165, 1.54) is 5.56 Å². The van der Waals surface area contributed by atoms with Crippen LogP contribution in [-0.2, 0) is 6.54 Å². The van der Waals surface area contributed by atoms with Gasteiger partial charge in [-0.05, 0) is 55.8 Å². The average molecular weight is 423 g/mol. The average Bonchev–Trinajstić information content (AvgIpc) is 2.82. The fourth-order valence-electron chi connectivity index (χ4n) is 4.55. The first kappa shape index (κ1) is 20.3. The number of fused-ring (bicyclic) bond motifs is 2. The minimum atomic E-state index is -0.569. The molecule has 1 aromatic carbocycles. The van der Waals surface area contributed by atoms with Gasteiger partial charge < -0.3 is 29.7 Å². The zero-order valence-corrected chi connectivity index (χ0v) is 17.7. The zero-order valence-electron chi connectivity index (χ0n) is 17.7. The maximum Gasteiger partial charge on any atom is 0.161 e. The van der Waals surface area contributed by atoms with E-state index in [1.54, 1.807) is 6.20 Å². The number of nitrogens with one attached hydrogen (secondary N) is 1. The van der Waals surface area contributed by atoms with Crippen LogP contribution in [0.5, 0.6) is 11.5 Å². The van der Waals surface area contributed by atoms with Gasteiger partial charge in [0.05, 0.1) is 0 Å². The predicted molar refractivity (Wildman–Crippen MR) is 120 cm³/mol. The van der Waals surface area contributed by atoms with Crippen molar-refractivity contribution in [2.24, 2.45) is 0 Å². The molecule has 1 fully saturated rings. The summed E-state index contributed by atoms with van der Waals surface area (Å²) in [7, 11) is 0. The molecule has 0 amide bonds. The number of hydrogen-bond donors (Lipinski definition) is 2. The Morgan fingerprint density at radius 3 is 2.77 bits per heavy atom. The summed E-state index contributed by atoms with van der Waals surface area (Å²) in [6, 6.07) is 8.71. The standard InChI is InChI=1S/C24H30N4O3/c29-24-4-2-19-17-25-8-5-21(19)28(24)12-11-27-9-6-20(7-10-27)26-16-18-1-3-22-23(15-18)31-14-13-30-22/h1-5,8,15,17,20,24,26,29H,6-7,9-14,16H2. The maximum absolute atomic E-state index is 10.4. The molecule has 0 spiro atoms. The fourth-order valence-corrected chi connectivity index (χ4v) is 4.55. The van der Waals surface area contributed by atoms with Crippen LogP contribution in [0.4, 0.5) is 5.69 Å². The Morgan fingerprint density at radius 1 is 1.06 bits per heavy atom. The number of ether oxygens (including phenoxy) is 2. The van der Waals surface area contributed by atoms with Crippen LogP contribution < -0.4 is 19.7 Å². The van der Waals surface area contributed by atoms with Crippen LogP contribution >= 0.6 is 0 Å². The van der Waals surface area contributed by atoms with Crippen molar-refractivity contribution in [3.8, 4) is 11.5 Å². The molecule has 1 saturated heterocycles. The summed E-state index contributed by atoms with van der Waals surface area (Å²) >= 11 is 0. The molecule has 5 rings (SSSR count). The summed E-state index contributed by atoms with van der Waals surface area (Å²) in [5.41, 5.74) is 3.35. The number of pyridine rings is 1. The SMILES string of the molecule is OC1C=Cc2cnccc2N1CCN1CCC(NCc2ccc3c(c2)OCCO3)CC1. The van der Waals surface area contributed by atoms with Crippen molar-refractivity contribution in [2.75, 3.05) is 44.3 Å². The number of rotatable bonds is 6. The molecule has 0 aliphatic carbocycles. The number of piperidine rings is 1. The van der Waals surface area contributed by atoms with Crippen LogP contribution in [0.2, 0.25) is 0 Å². The summed E-state index contributed by atoms with van der Waals surface area (Å²) in [5.74, 6) is 1.70. The molecule has 3 aliphatic rings. The third-order valence-corrected chi connectivity index (χ3v) is 6.35. The topological polar surface area (TPSA) is 70.1 Å². The molecular formula is C24H30N4O3. The van der Waals surface area contributed by atoms with E-state index in [1.807, 2.05) is 30.5 Å². The Hall–Kier alpha value is -2.61. The minimum Gasteiger partial charge on any atom is -0.486 e. The van der Waals surface area contributed by atoms with Gasteiger partial charge in [-0.15, -0.1) is 0 Å². The van der Waals surface area contributed by atoms with E-state index < -0.39 is 6.23 Å². The van der Waals surface area contributed by atoms with E-state index in [0.29, 0.717) is 19.3 Å². The quantitative estimate of drug-likeness (QED) is 0.740. The van der Waals surface area contributed by atoms with Gasteiger partial charge in [0.1, 0.15) is 19.4 Å². The van der Waals surface area contributed by atoms with Crippen LogP contribution in [0.3, 0.4) is 0 Å². The van der Waals surface area contributed by atoms with Gasteiger partial charge >= 0.3 is 0 Å². The highest BCUT2D eigenvalue weighted by Crippen LogP contribution is 2.31. The second kappa shape index (κ2) is 9.26. The van der Waals surface area contributed by atoms with Crippen LogP contribution in [0.25, 0.3) is 6.08 Å². The van der Waals surface area contributed by atoms with Crippen LogP contribution in [0.1, 0.15) is 24.0 Å². The van der Waals surface area contributed by atoms with Crippen molar-refractivity contribution < 1.29 is 14.6 Å². The Balaban J connectivity index is 1.08. The van der Waals surface area contributed by atoms with Crippen LogP contribution in [0.15, 0.2) is 42.7 Å². The molecule has 1 atom stereocenters. The Morgan fingerprint density at radius 2 is 1.90 bits per heavy atom. The van der Waals surface area contributed by atoms with Gasteiger partial charge in [-0.25, -0.2) is 0 Å². The molecule has 2 N–H and O–H groups in total. The third-order valence-electron chi connectivity index (χ3n) is 6.35. The number of hydrogen-bond acceptors (Lipinski definition) is 7. The Labute approximate surface area is 183 Å². The van der Waals surface area contributed by atoms with Gasteiger partial charge in [-0.3, -0.25) is 4.98 Å². The Kier molecular flexibility index (Phi) is 6.06. The van der Waals surface area contributed by atoms with Crippen LogP contribution in [-0.4, -0.2) is 66.7 Å². The van der Waals surface area contributed by atoms with E-state index in [2.05, 4.69) is 32.2 Å². The highest BCUT2D eigenvalue weighted by Gasteiger charge is 2.23. The number of nitrogens with zero attached hydrogens (tertiary/aromatic N) is 3. The van der Waals surface area contributed by atoms with E-state index >= 15 is 0 Å². The lowest BCUT2D eigenvalue weighted by molar-refractivity contribution is 0.171. The smallest absolute Gasteiger partial charge is 0.161 e. The molecule has 2 aromatic rings. The molecule has 0 radical (unpaired) electrons. The van der Waals surface area contributed by atoms with Gasteiger partial charge in [-0.2, -0.15) is 0 Å². The van der Waals surface area contributed by atoms with Gasteiger partial charge in [0, 0.05) is 49.3 Å². The summed E-state index contributed by atoms with van der Waals surface area (Å²) in [6.07, 6.45) is 9.11. The second-order valence-electron chi connectivity index (χ2n) is 8.38. The fraction of sp³-hybridized carbons (Fsp3) is 0.458. The molecule has 1 aromatic heterocycles. The number of benzene rings is 1. The van der Waals surface area contributed by atoms with Gasteiger partial charge in [0.25, 0.3) is 0 Å². The molecule has 1 unspecified atom stereocenters. The van der Waals surface area contributed by atoms with Crippen molar-refractivity contribution in [1.82, 2.24) is 15.2 Å². The lowest BCUT2D eigenvalue weighted by Crippen LogP contribution is -2.46. The number of aromatic nitrogens is 1. The number of likely N-dealkylation sites (tertiary alicyclic amines) is 1. The van der Waals surface area contributed by atoms with Crippen molar-refractivity contribution in [3.05, 3.63) is 53.9 Å². The summed E-state index contributed by atoms with van der Waals surface area (Å²) < 4.78 is 11.3. The molecule has 0 saturated carbocycles. The van der Waals surface area contributed by atoms with Crippen molar-refractivity contribution >= 4 is 11.8 Å². The van der Waals surface area contributed by atoms with Crippen LogP contribution in [0, 0.1) is 0 Å². The summed E-state index contributed by atoms with van der Waals surface area (Å²) in [6.45, 7) is 5.98. The molecule has 7 heteroatoms. The first-order valence-electron chi connectivity index (χ1n) is 11.2. The van der Waals surface area contributed by atoms with Crippen molar-refractivity contribution in [1.29, 1.82) is 0 Å². The molecule has 0 bridgehead atoms. The minimum absolute atomic E-state index is 0.528. The van der Waals surface area contributed by atoms with E-state index in [9.17, 15) is 5.11 Å². The van der Waals surface area contributed by atoms with Gasteiger partial charge in [0.2, 0.25) is 0 Å². The molecular weight excluding hydrogens is 392 g/mol. The van der Waals surface area contributed by atoms with Gasteiger partial charge in [0.15, 0.2) is 11.5 Å². The highest BCUT2D eigenvalue weighted by molar-refractivity contribution is 5.70. The highest BCUT2D eigenvalue weighted by atomic mass is 16.6. The molecule has 164 valence electrons. The molecule has 31 heavy (non-hydrogen) atoms. The number of aliphatic hydroxyl groups is 1. The third kappa shape index (κ3) is 4.69. The lowest BCUT2D eigenvalue weighted by Gasteiger charge is -2.37. The number of anilines is 1. The van der Waals surface area contributed by atoms with E-state index in [0.717, 1.165) is 68.3 Å². The normalized spacial score (nSPS) is 21.2. The van der Waals surface area contributed by atoms with Gasteiger partial charge in [-0.1, -0.05) is 12.1 Å². The first-order chi connectivity index (χ1) is 15.3. The zero-order chi connectivity index (χ0) is 21.0. The molecule has 4 heterocycles. The lowest BCUT2D eigenvalue weighted by atomic mass is 10.0. The summed E-state index contributed by atoms with van der Waals surface area (Å²) in [4.78, 5) is 8.74. The number of aliphatic hydroxyl groups excluding tert-OH is 1. The predicted octanol–water partition coefficient (Wildman–Crippen LogP) is 2.26. The summed E-state index contributed by atoms with van der Waals surface area (Å²) in [5, 5.41) is 14.1. The van der Waals surface area contributed by atoms with Crippen molar-refractivity contribution in [2.45, 2.75) is 31.7 Å². The monoisotopic (exact) mass is 422 g/mol. The molecule has 7 nitrogen and oxygen atoms in total. The van der Waals surface area contributed by atoms with Crippen molar-refractivity contribution in [3.63, 3.8) is 0 Å².